The van der Waals surface area contributed by atoms with Crippen molar-refractivity contribution in [1.82, 2.24) is 0 Å². The molecule has 0 amide bonds. The summed E-state index contributed by atoms with van der Waals surface area (Å²) < 4.78 is 5.30. The van der Waals surface area contributed by atoms with Crippen LogP contribution in [0, 0.1) is 0 Å². The van der Waals surface area contributed by atoms with Crippen LogP contribution in [-0.4, -0.2) is 24.3 Å². The highest BCUT2D eigenvalue weighted by molar-refractivity contribution is 6.30. The van der Waals surface area contributed by atoms with Crippen molar-refractivity contribution in [2.75, 3.05) is 18.5 Å². The number of rotatable bonds is 4. The summed E-state index contributed by atoms with van der Waals surface area (Å²) in [5, 5.41) is 13.4. The van der Waals surface area contributed by atoms with Gasteiger partial charge in [-0.3, -0.25) is 4.79 Å². The first kappa shape index (κ1) is 14.9. The van der Waals surface area contributed by atoms with Crippen molar-refractivity contribution in [2.45, 2.75) is 11.8 Å². The molecule has 1 atom stereocenters. The summed E-state index contributed by atoms with van der Waals surface area (Å²) in [5.74, 6) is -0.833. The van der Waals surface area contributed by atoms with Gasteiger partial charge in [0.25, 0.3) is 0 Å². The molecule has 1 unspecified atom stereocenters. The molecule has 1 saturated heterocycles. The Hall–Kier alpha value is -2.04. The largest absolute Gasteiger partial charge is 0.481 e. The minimum Gasteiger partial charge on any atom is -0.481 e. The first-order valence-electron chi connectivity index (χ1n) is 7.04. The number of aliphatic carboxylic acids is 1. The number of ether oxygens (including phenoxy) is 1. The van der Waals surface area contributed by atoms with E-state index in [2.05, 4.69) is 5.32 Å². The van der Waals surface area contributed by atoms with Crippen LogP contribution < -0.4 is 5.32 Å². The fraction of sp³-hybridized carbons (Fsp3) is 0.235. The minimum atomic E-state index is -0.922. The van der Waals surface area contributed by atoms with Gasteiger partial charge < -0.3 is 15.2 Å². The fourth-order valence-electron chi connectivity index (χ4n) is 2.69. The van der Waals surface area contributed by atoms with Gasteiger partial charge in [-0.2, -0.15) is 0 Å². The van der Waals surface area contributed by atoms with Crippen LogP contribution >= 0.6 is 11.6 Å². The number of hydrogen-bond donors (Lipinski definition) is 2. The van der Waals surface area contributed by atoms with Crippen LogP contribution in [-0.2, 0) is 14.9 Å². The molecule has 0 radical (unpaired) electrons. The smallest absolute Gasteiger partial charge is 0.316 e. The van der Waals surface area contributed by atoms with Crippen LogP contribution in [0.4, 0.5) is 11.4 Å². The second-order valence-electron chi connectivity index (χ2n) is 5.40. The maximum Gasteiger partial charge on any atom is 0.316 e. The van der Waals surface area contributed by atoms with Crippen LogP contribution in [0.25, 0.3) is 0 Å². The number of nitrogens with one attached hydrogen (secondary N) is 1. The van der Waals surface area contributed by atoms with Crippen molar-refractivity contribution in [3.63, 3.8) is 0 Å². The molecule has 5 heteroatoms. The molecule has 0 spiro atoms. The molecule has 0 saturated carbocycles. The Morgan fingerprint density at radius 3 is 2.55 bits per heavy atom. The standard InChI is InChI=1S/C17H16ClNO3/c18-13-2-1-3-15(10-13)19-14-6-4-12(5-7-14)17(16(20)21)8-9-22-11-17/h1-7,10,19H,8-9,11H2,(H,20,21). The molecule has 0 bridgehead atoms. The van der Waals surface area contributed by atoms with E-state index in [-0.39, 0.29) is 6.61 Å². The lowest BCUT2D eigenvalue weighted by molar-refractivity contribution is -0.143. The van der Waals surface area contributed by atoms with Crippen molar-refractivity contribution in [3.05, 3.63) is 59.1 Å². The molecule has 2 aromatic rings. The quantitative estimate of drug-likeness (QED) is 0.900. The fourth-order valence-corrected chi connectivity index (χ4v) is 2.88. The third kappa shape index (κ3) is 2.80. The SMILES string of the molecule is O=C(O)C1(c2ccc(Nc3cccc(Cl)c3)cc2)CCOC1. The van der Waals surface area contributed by atoms with E-state index in [1.165, 1.54) is 0 Å². The number of carboxylic acid groups (broad SMARTS) is 1. The normalized spacial score (nSPS) is 20.8. The molecule has 2 aromatic carbocycles. The lowest BCUT2D eigenvalue weighted by Gasteiger charge is -2.22. The van der Waals surface area contributed by atoms with Gasteiger partial charge in [-0.05, 0) is 42.3 Å². The van der Waals surface area contributed by atoms with Gasteiger partial charge in [0.15, 0.2) is 0 Å². The van der Waals surface area contributed by atoms with E-state index in [4.69, 9.17) is 16.3 Å². The maximum atomic E-state index is 11.6. The van der Waals surface area contributed by atoms with Gasteiger partial charge in [-0.15, -0.1) is 0 Å². The Kier molecular flexibility index (Phi) is 4.05. The first-order chi connectivity index (χ1) is 10.6. The van der Waals surface area contributed by atoms with Crippen molar-refractivity contribution in [3.8, 4) is 0 Å². The molecule has 0 aliphatic carbocycles. The zero-order valence-corrected chi connectivity index (χ0v) is 12.6. The van der Waals surface area contributed by atoms with E-state index >= 15 is 0 Å². The third-order valence-electron chi connectivity index (χ3n) is 3.98. The number of anilines is 2. The second-order valence-corrected chi connectivity index (χ2v) is 5.84. The monoisotopic (exact) mass is 317 g/mol. The summed E-state index contributed by atoms with van der Waals surface area (Å²) in [6.45, 7) is 0.707. The first-order valence-corrected chi connectivity index (χ1v) is 7.42. The molecule has 114 valence electrons. The Balaban J connectivity index is 1.82. The van der Waals surface area contributed by atoms with Crippen molar-refractivity contribution >= 4 is 28.9 Å². The Morgan fingerprint density at radius 1 is 1.18 bits per heavy atom. The lowest BCUT2D eigenvalue weighted by Crippen LogP contribution is -2.36. The van der Waals surface area contributed by atoms with E-state index in [0.29, 0.717) is 18.1 Å². The number of hydrogen-bond acceptors (Lipinski definition) is 3. The Bertz CT molecular complexity index is 679. The van der Waals surface area contributed by atoms with Gasteiger partial charge in [-0.1, -0.05) is 29.8 Å². The summed E-state index contributed by atoms with van der Waals surface area (Å²) >= 11 is 5.96. The molecule has 1 aliphatic heterocycles. The molecule has 1 fully saturated rings. The van der Waals surface area contributed by atoms with Crippen LogP contribution in [0.3, 0.4) is 0 Å². The zero-order valence-electron chi connectivity index (χ0n) is 11.9. The summed E-state index contributed by atoms with van der Waals surface area (Å²) in [6, 6.07) is 14.9. The van der Waals surface area contributed by atoms with Crippen LogP contribution in [0.5, 0.6) is 0 Å². The highest BCUT2D eigenvalue weighted by atomic mass is 35.5. The van der Waals surface area contributed by atoms with Crippen LogP contribution in [0.1, 0.15) is 12.0 Å². The van der Waals surface area contributed by atoms with Crippen molar-refractivity contribution < 1.29 is 14.6 Å². The minimum absolute atomic E-state index is 0.226. The van der Waals surface area contributed by atoms with Gasteiger partial charge in [0.1, 0.15) is 5.41 Å². The van der Waals surface area contributed by atoms with Gasteiger partial charge in [0.05, 0.1) is 6.61 Å². The molecule has 2 N–H and O–H groups in total. The van der Waals surface area contributed by atoms with E-state index in [1.807, 2.05) is 48.5 Å². The molecule has 1 heterocycles. The maximum absolute atomic E-state index is 11.6. The molecule has 1 aliphatic rings. The molecule has 0 aromatic heterocycles. The summed E-state index contributed by atoms with van der Waals surface area (Å²) in [6.07, 6.45) is 0.503. The molecule has 4 nitrogen and oxygen atoms in total. The average Bonchev–Trinajstić information content (AvgIpc) is 2.99. The van der Waals surface area contributed by atoms with Gasteiger partial charge >= 0.3 is 5.97 Å². The highest BCUT2D eigenvalue weighted by Gasteiger charge is 2.44. The zero-order chi connectivity index (χ0) is 15.6. The Morgan fingerprint density at radius 2 is 1.95 bits per heavy atom. The van der Waals surface area contributed by atoms with Crippen LogP contribution in [0.2, 0.25) is 5.02 Å². The number of carbonyl (C=O) groups is 1. The second kappa shape index (κ2) is 5.99. The summed E-state index contributed by atoms with van der Waals surface area (Å²) in [7, 11) is 0. The topological polar surface area (TPSA) is 58.6 Å². The lowest BCUT2D eigenvalue weighted by atomic mass is 9.80. The Labute approximate surface area is 133 Å². The highest BCUT2D eigenvalue weighted by Crippen LogP contribution is 2.34. The molecular weight excluding hydrogens is 302 g/mol. The predicted octanol–water partition coefficient (Wildman–Crippen LogP) is 3.83. The average molecular weight is 318 g/mol. The molecule has 22 heavy (non-hydrogen) atoms. The van der Waals surface area contributed by atoms with Crippen molar-refractivity contribution in [2.24, 2.45) is 0 Å². The number of carboxylic acids is 1. The molecule has 3 rings (SSSR count). The number of halogens is 1. The summed E-state index contributed by atoms with van der Waals surface area (Å²) in [4.78, 5) is 11.6. The van der Waals surface area contributed by atoms with Gasteiger partial charge in [-0.25, -0.2) is 0 Å². The third-order valence-corrected chi connectivity index (χ3v) is 4.22. The predicted molar refractivity (Wildman–Crippen MR) is 85.9 cm³/mol. The molecular formula is C17H16ClNO3. The van der Waals surface area contributed by atoms with E-state index in [9.17, 15) is 9.90 Å². The van der Waals surface area contributed by atoms with Gasteiger partial charge in [0, 0.05) is 23.0 Å². The van der Waals surface area contributed by atoms with E-state index in [0.717, 1.165) is 16.9 Å². The van der Waals surface area contributed by atoms with E-state index in [1.54, 1.807) is 0 Å². The number of benzene rings is 2. The summed E-state index contributed by atoms with van der Waals surface area (Å²) in [5.41, 5.74) is 1.62. The van der Waals surface area contributed by atoms with E-state index < -0.39 is 11.4 Å². The van der Waals surface area contributed by atoms with Crippen molar-refractivity contribution in [1.29, 1.82) is 0 Å². The van der Waals surface area contributed by atoms with Crippen LogP contribution in [0.15, 0.2) is 48.5 Å². The van der Waals surface area contributed by atoms with Gasteiger partial charge in [0.2, 0.25) is 0 Å².